The first-order valence-electron chi connectivity index (χ1n) is 6.95. The van der Waals surface area contributed by atoms with Crippen LogP contribution >= 0.6 is 0 Å². The Kier molecular flexibility index (Phi) is 5.45. The Labute approximate surface area is 111 Å². The molecular formula is C14H27NO3. The second-order valence-corrected chi connectivity index (χ2v) is 6.02. The van der Waals surface area contributed by atoms with Gasteiger partial charge in [-0.3, -0.25) is 0 Å². The molecule has 1 saturated heterocycles. The second kappa shape index (κ2) is 6.41. The number of hydrogen-bond acceptors (Lipinski definition) is 3. The maximum Gasteiger partial charge on any atom is 0.410 e. The third kappa shape index (κ3) is 5.25. The molecule has 0 aromatic rings. The van der Waals surface area contributed by atoms with E-state index in [9.17, 15) is 4.79 Å². The van der Waals surface area contributed by atoms with Gasteiger partial charge < -0.3 is 14.4 Å². The zero-order valence-electron chi connectivity index (χ0n) is 12.4. The number of ether oxygens (including phenoxy) is 2. The second-order valence-electron chi connectivity index (χ2n) is 6.02. The molecule has 4 nitrogen and oxygen atoms in total. The van der Waals surface area contributed by atoms with Crippen LogP contribution in [0.5, 0.6) is 0 Å². The highest BCUT2D eigenvalue weighted by Gasteiger charge is 2.27. The number of nitrogens with zero attached hydrogens (tertiary/aromatic N) is 1. The average molecular weight is 257 g/mol. The van der Waals surface area contributed by atoms with Crippen molar-refractivity contribution in [3.63, 3.8) is 0 Å². The lowest BCUT2D eigenvalue weighted by Gasteiger charge is -2.34. The predicted octanol–water partition coefficient (Wildman–Crippen LogP) is 3.20. The van der Waals surface area contributed by atoms with Crippen molar-refractivity contribution in [3.8, 4) is 0 Å². The zero-order chi connectivity index (χ0) is 13.8. The molecule has 1 aliphatic rings. The summed E-state index contributed by atoms with van der Waals surface area (Å²) in [6.45, 7) is 11.4. The number of amides is 1. The van der Waals surface area contributed by atoms with E-state index in [0.717, 1.165) is 32.4 Å². The fourth-order valence-corrected chi connectivity index (χ4v) is 1.93. The van der Waals surface area contributed by atoms with Crippen LogP contribution in [0.25, 0.3) is 0 Å². The average Bonchev–Trinajstić information content (AvgIpc) is 2.27. The molecule has 1 heterocycles. The van der Waals surface area contributed by atoms with E-state index in [1.54, 1.807) is 4.90 Å². The van der Waals surface area contributed by atoms with Crippen LogP contribution in [-0.2, 0) is 9.47 Å². The summed E-state index contributed by atoms with van der Waals surface area (Å²) in [6, 6.07) is 0. The van der Waals surface area contributed by atoms with Crippen LogP contribution in [0.4, 0.5) is 4.79 Å². The van der Waals surface area contributed by atoms with Gasteiger partial charge in [0.15, 0.2) is 0 Å². The van der Waals surface area contributed by atoms with Gasteiger partial charge in [0.25, 0.3) is 0 Å². The van der Waals surface area contributed by atoms with Crippen LogP contribution in [0.2, 0.25) is 0 Å². The number of piperidine rings is 1. The third-order valence-corrected chi connectivity index (χ3v) is 3.09. The Hall–Kier alpha value is -0.770. The van der Waals surface area contributed by atoms with E-state index >= 15 is 0 Å². The van der Waals surface area contributed by atoms with Crippen LogP contribution < -0.4 is 0 Å². The standard InChI is InChI=1S/C14H27NO3/c1-6-11(2)17-12-7-9-15(10-8-12)13(16)18-14(3,4)5/h11-12H,6-10H2,1-5H3/t11-/m1/s1. The van der Waals surface area contributed by atoms with E-state index in [4.69, 9.17) is 9.47 Å². The van der Waals surface area contributed by atoms with Crippen LogP contribution in [0.15, 0.2) is 0 Å². The Bertz CT molecular complexity index is 265. The normalized spacial score (nSPS) is 19.7. The van der Waals surface area contributed by atoms with E-state index in [2.05, 4.69) is 13.8 Å². The van der Waals surface area contributed by atoms with E-state index in [1.165, 1.54) is 0 Å². The van der Waals surface area contributed by atoms with Crippen molar-refractivity contribution < 1.29 is 14.3 Å². The van der Waals surface area contributed by atoms with Gasteiger partial charge in [-0.25, -0.2) is 4.79 Å². The maximum absolute atomic E-state index is 11.9. The molecule has 0 saturated carbocycles. The summed E-state index contributed by atoms with van der Waals surface area (Å²) >= 11 is 0. The van der Waals surface area contributed by atoms with Crippen molar-refractivity contribution in [2.24, 2.45) is 0 Å². The molecule has 0 unspecified atom stereocenters. The van der Waals surface area contributed by atoms with E-state index < -0.39 is 5.60 Å². The summed E-state index contributed by atoms with van der Waals surface area (Å²) in [6.07, 6.45) is 3.24. The molecule has 1 atom stereocenters. The van der Waals surface area contributed by atoms with Crippen molar-refractivity contribution in [3.05, 3.63) is 0 Å². The highest BCUT2D eigenvalue weighted by molar-refractivity contribution is 5.68. The van der Waals surface area contributed by atoms with Gasteiger partial charge in [0, 0.05) is 13.1 Å². The highest BCUT2D eigenvalue weighted by atomic mass is 16.6. The lowest BCUT2D eigenvalue weighted by atomic mass is 10.1. The number of rotatable bonds is 3. The van der Waals surface area contributed by atoms with Crippen molar-refractivity contribution in [2.75, 3.05) is 13.1 Å². The van der Waals surface area contributed by atoms with Gasteiger partial charge in [0.1, 0.15) is 5.60 Å². The molecule has 0 N–H and O–H groups in total. The SMILES string of the molecule is CC[C@@H](C)OC1CCN(C(=O)OC(C)(C)C)CC1. The fraction of sp³-hybridized carbons (Fsp3) is 0.929. The molecule has 106 valence electrons. The minimum Gasteiger partial charge on any atom is -0.444 e. The molecule has 0 aromatic carbocycles. The quantitative estimate of drug-likeness (QED) is 0.779. The lowest BCUT2D eigenvalue weighted by molar-refractivity contribution is -0.0405. The molecule has 0 bridgehead atoms. The summed E-state index contributed by atoms with van der Waals surface area (Å²) < 4.78 is 11.3. The van der Waals surface area contributed by atoms with Gasteiger partial charge in [0.2, 0.25) is 0 Å². The molecular weight excluding hydrogens is 230 g/mol. The highest BCUT2D eigenvalue weighted by Crippen LogP contribution is 2.18. The number of carbonyl (C=O) groups is 1. The van der Waals surface area contributed by atoms with Crippen molar-refractivity contribution in [1.29, 1.82) is 0 Å². The zero-order valence-corrected chi connectivity index (χ0v) is 12.4. The minimum absolute atomic E-state index is 0.204. The summed E-state index contributed by atoms with van der Waals surface area (Å²) in [5, 5.41) is 0. The molecule has 0 aliphatic carbocycles. The monoisotopic (exact) mass is 257 g/mol. The topological polar surface area (TPSA) is 38.8 Å². The number of carbonyl (C=O) groups excluding carboxylic acids is 1. The summed E-state index contributed by atoms with van der Waals surface area (Å²) in [4.78, 5) is 13.6. The Balaban J connectivity index is 2.33. The largest absolute Gasteiger partial charge is 0.444 e. The van der Waals surface area contributed by atoms with Gasteiger partial charge in [-0.1, -0.05) is 6.92 Å². The van der Waals surface area contributed by atoms with Crippen molar-refractivity contribution in [2.45, 2.75) is 71.7 Å². The first-order valence-corrected chi connectivity index (χ1v) is 6.95. The van der Waals surface area contributed by atoms with Crippen molar-refractivity contribution in [1.82, 2.24) is 4.90 Å². The molecule has 0 spiro atoms. The predicted molar refractivity (Wildman–Crippen MR) is 71.7 cm³/mol. The smallest absolute Gasteiger partial charge is 0.410 e. The first-order chi connectivity index (χ1) is 8.31. The third-order valence-electron chi connectivity index (χ3n) is 3.09. The lowest BCUT2D eigenvalue weighted by Crippen LogP contribution is -2.43. The van der Waals surface area contributed by atoms with E-state index in [-0.39, 0.29) is 6.09 Å². The van der Waals surface area contributed by atoms with E-state index in [0.29, 0.717) is 12.2 Å². The van der Waals surface area contributed by atoms with Gasteiger partial charge in [-0.05, 0) is 47.0 Å². The Morgan fingerprint density at radius 3 is 2.33 bits per heavy atom. The first kappa shape index (κ1) is 15.3. The van der Waals surface area contributed by atoms with Gasteiger partial charge >= 0.3 is 6.09 Å². The molecule has 18 heavy (non-hydrogen) atoms. The number of hydrogen-bond donors (Lipinski definition) is 0. The minimum atomic E-state index is -0.416. The van der Waals surface area contributed by atoms with Gasteiger partial charge in [0.05, 0.1) is 12.2 Å². The Morgan fingerprint density at radius 1 is 1.33 bits per heavy atom. The number of likely N-dealkylation sites (tertiary alicyclic amines) is 1. The summed E-state index contributed by atoms with van der Waals surface area (Å²) in [5.41, 5.74) is -0.416. The van der Waals surface area contributed by atoms with Crippen LogP contribution in [-0.4, -0.2) is 41.9 Å². The molecule has 1 amide bonds. The molecule has 4 heteroatoms. The summed E-state index contributed by atoms with van der Waals surface area (Å²) in [7, 11) is 0. The summed E-state index contributed by atoms with van der Waals surface area (Å²) in [5.74, 6) is 0. The van der Waals surface area contributed by atoms with Gasteiger partial charge in [-0.2, -0.15) is 0 Å². The fourth-order valence-electron chi connectivity index (χ4n) is 1.93. The van der Waals surface area contributed by atoms with Crippen LogP contribution in [0.1, 0.15) is 53.9 Å². The molecule has 0 aromatic heterocycles. The molecule has 1 aliphatic heterocycles. The van der Waals surface area contributed by atoms with E-state index in [1.807, 2.05) is 20.8 Å². The molecule has 0 radical (unpaired) electrons. The van der Waals surface area contributed by atoms with Gasteiger partial charge in [-0.15, -0.1) is 0 Å². The molecule has 1 fully saturated rings. The van der Waals surface area contributed by atoms with Crippen LogP contribution in [0, 0.1) is 0 Å². The maximum atomic E-state index is 11.9. The van der Waals surface area contributed by atoms with Crippen LogP contribution in [0.3, 0.4) is 0 Å². The van der Waals surface area contributed by atoms with Crippen molar-refractivity contribution >= 4 is 6.09 Å². The molecule has 1 rings (SSSR count). The Morgan fingerprint density at radius 2 is 1.89 bits per heavy atom.